The average Bonchev–Trinajstić information content (AvgIpc) is 2.36. The molecule has 0 unspecified atom stereocenters. The first-order valence-electron chi connectivity index (χ1n) is 6.38. The monoisotopic (exact) mass is 315 g/mol. The molecule has 0 atom stereocenters. The predicted octanol–water partition coefficient (Wildman–Crippen LogP) is 1.22. The molecule has 9 heteroatoms. The molecule has 0 aromatic heterocycles. The molecule has 1 aromatic carbocycles. The first kappa shape index (κ1) is 15.7. The smallest absolute Gasteiger partial charge is 0.271 e. The van der Waals surface area contributed by atoms with Crippen LogP contribution in [0, 0.1) is 10.1 Å². The van der Waals surface area contributed by atoms with E-state index in [1.807, 2.05) is 0 Å². The highest BCUT2D eigenvalue weighted by Gasteiger charge is 2.37. The zero-order chi connectivity index (χ0) is 15.7. The first-order chi connectivity index (χ1) is 9.77. The third kappa shape index (κ3) is 3.31. The van der Waals surface area contributed by atoms with Gasteiger partial charge in [-0.3, -0.25) is 10.1 Å². The predicted molar refractivity (Wildman–Crippen MR) is 76.6 cm³/mol. The van der Waals surface area contributed by atoms with E-state index in [9.17, 15) is 18.5 Å². The molecule has 3 N–H and O–H groups in total. The van der Waals surface area contributed by atoms with Gasteiger partial charge in [0.15, 0.2) is 0 Å². The van der Waals surface area contributed by atoms with Gasteiger partial charge in [0.2, 0.25) is 10.0 Å². The van der Waals surface area contributed by atoms with E-state index in [4.69, 9.17) is 9.88 Å². The molecule has 0 amide bonds. The summed E-state index contributed by atoms with van der Waals surface area (Å²) in [7, 11) is -2.37. The van der Waals surface area contributed by atoms with E-state index in [2.05, 4.69) is 5.32 Å². The molecule has 0 radical (unpaired) electrons. The highest BCUT2D eigenvalue weighted by molar-refractivity contribution is 7.89. The average molecular weight is 315 g/mol. The molecule has 1 saturated carbocycles. The lowest BCUT2D eigenvalue weighted by molar-refractivity contribution is -0.384. The zero-order valence-electron chi connectivity index (χ0n) is 11.5. The third-order valence-corrected chi connectivity index (χ3v) is 4.75. The van der Waals surface area contributed by atoms with Crippen LogP contribution in [-0.2, 0) is 14.8 Å². The van der Waals surface area contributed by atoms with Crippen molar-refractivity contribution in [3.05, 3.63) is 28.3 Å². The van der Waals surface area contributed by atoms with E-state index in [-0.39, 0.29) is 21.9 Å². The molecule has 0 spiro atoms. The summed E-state index contributed by atoms with van der Waals surface area (Å²) in [6, 6.07) is 3.41. The minimum atomic E-state index is -3.96. The Labute approximate surface area is 122 Å². The fraction of sp³-hybridized carbons (Fsp3) is 0.500. The van der Waals surface area contributed by atoms with E-state index < -0.39 is 14.9 Å². The maximum Gasteiger partial charge on any atom is 0.271 e. The van der Waals surface area contributed by atoms with Crippen LogP contribution in [0.5, 0.6) is 0 Å². The first-order valence-corrected chi connectivity index (χ1v) is 7.92. The number of hydrogen-bond donors (Lipinski definition) is 2. The Balaban J connectivity index is 2.30. The summed E-state index contributed by atoms with van der Waals surface area (Å²) in [5.41, 5.74) is -0.430. The highest BCUT2D eigenvalue weighted by atomic mass is 32.2. The van der Waals surface area contributed by atoms with Gasteiger partial charge >= 0.3 is 0 Å². The van der Waals surface area contributed by atoms with Crippen molar-refractivity contribution in [3.8, 4) is 0 Å². The van der Waals surface area contributed by atoms with Gasteiger partial charge in [0.25, 0.3) is 5.69 Å². The van der Waals surface area contributed by atoms with E-state index in [0.29, 0.717) is 6.54 Å². The van der Waals surface area contributed by atoms with Gasteiger partial charge in [0.05, 0.1) is 16.2 Å². The van der Waals surface area contributed by atoms with Crippen LogP contribution < -0.4 is 10.5 Å². The van der Waals surface area contributed by atoms with Crippen molar-refractivity contribution < 1.29 is 18.1 Å². The summed E-state index contributed by atoms with van der Waals surface area (Å²) in [6.45, 7) is 0.368. The molecule has 116 valence electrons. The van der Waals surface area contributed by atoms with Crippen LogP contribution in [-0.4, -0.2) is 32.6 Å². The van der Waals surface area contributed by atoms with Crippen LogP contribution >= 0.6 is 0 Å². The number of primary sulfonamides is 1. The minimum absolute atomic E-state index is 0.120. The Kier molecular flexibility index (Phi) is 4.17. The van der Waals surface area contributed by atoms with Crippen molar-refractivity contribution in [3.63, 3.8) is 0 Å². The number of nitro groups is 1. The topological polar surface area (TPSA) is 125 Å². The fourth-order valence-electron chi connectivity index (χ4n) is 2.30. The van der Waals surface area contributed by atoms with Gasteiger partial charge in [-0.15, -0.1) is 0 Å². The maximum atomic E-state index is 11.5. The molecule has 0 aliphatic heterocycles. The summed E-state index contributed by atoms with van der Waals surface area (Å²) in [4.78, 5) is 10.1. The van der Waals surface area contributed by atoms with Crippen LogP contribution in [0.2, 0.25) is 0 Å². The Morgan fingerprint density at radius 2 is 2.14 bits per heavy atom. The molecule has 1 aliphatic carbocycles. The number of anilines is 1. The largest absolute Gasteiger partial charge is 0.381 e. The summed E-state index contributed by atoms with van der Waals surface area (Å²) in [5.74, 6) is 0. The molecule has 2 rings (SSSR count). The Morgan fingerprint density at radius 1 is 1.48 bits per heavy atom. The van der Waals surface area contributed by atoms with Crippen LogP contribution in [0.25, 0.3) is 0 Å². The minimum Gasteiger partial charge on any atom is -0.381 e. The van der Waals surface area contributed by atoms with Gasteiger partial charge in [0.1, 0.15) is 4.90 Å². The number of methoxy groups -OCH3 is 1. The number of nitrogens with zero attached hydrogens (tertiary/aromatic N) is 1. The molecule has 1 aliphatic rings. The second-order valence-electron chi connectivity index (χ2n) is 5.08. The standard InChI is InChI=1S/C12H17N3O5S/c1-20-12(5-2-6-12)8-14-10-7-9(15(16)17)3-4-11(10)21(13,18)19/h3-4,7,14H,2,5-6,8H2,1H3,(H2,13,18,19). The Morgan fingerprint density at radius 3 is 2.57 bits per heavy atom. The number of hydrogen-bond acceptors (Lipinski definition) is 6. The quantitative estimate of drug-likeness (QED) is 0.600. The van der Waals surface area contributed by atoms with Crippen molar-refractivity contribution in [2.45, 2.75) is 29.8 Å². The van der Waals surface area contributed by atoms with Gasteiger partial charge in [-0.25, -0.2) is 13.6 Å². The normalized spacial score (nSPS) is 17.0. The molecule has 8 nitrogen and oxygen atoms in total. The summed E-state index contributed by atoms with van der Waals surface area (Å²) in [6.07, 6.45) is 2.75. The number of benzene rings is 1. The van der Waals surface area contributed by atoms with E-state index in [1.54, 1.807) is 7.11 Å². The van der Waals surface area contributed by atoms with Crippen molar-refractivity contribution in [1.82, 2.24) is 0 Å². The van der Waals surface area contributed by atoms with Crippen molar-refractivity contribution in [2.24, 2.45) is 5.14 Å². The molecular formula is C12H17N3O5S. The number of nitrogens with two attached hydrogens (primary N) is 1. The molecular weight excluding hydrogens is 298 g/mol. The number of rotatable bonds is 6. The molecule has 0 bridgehead atoms. The SMILES string of the molecule is COC1(CNc2cc([N+](=O)[O-])ccc2S(N)(=O)=O)CCC1. The van der Waals surface area contributed by atoms with Crippen LogP contribution in [0.15, 0.2) is 23.1 Å². The summed E-state index contributed by atoms with van der Waals surface area (Å²) < 4.78 is 28.5. The van der Waals surface area contributed by atoms with Crippen LogP contribution in [0.4, 0.5) is 11.4 Å². The molecule has 0 heterocycles. The number of nitro benzene ring substituents is 1. The lowest BCUT2D eigenvalue weighted by atomic mass is 9.80. The zero-order valence-corrected chi connectivity index (χ0v) is 12.4. The molecule has 1 fully saturated rings. The molecule has 21 heavy (non-hydrogen) atoms. The van der Waals surface area contributed by atoms with Crippen LogP contribution in [0.1, 0.15) is 19.3 Å². The maximum absolute atomic E-state index is 11.5. The lowest BCUT2D eigenvalue weighted by Crippen LogP contribution is -2.45. The van der Waals surface area contributed by atoms with Gasteiger partial charge < -0.3 is 10.1 Å². The second-order valence-corrected chi connectivity index (χ2v) is 6.61. The van der Waals surface area contributed by atoms with E-state index in [0.717, 1.165) is 31.4 Å². The van der Waals surface area contributed by atoms with Gasteiger partial charge in [-0.2, -0.15) is 0 Å². The highest BCUT2D eigenvalue weighted by Crippen LogP contribution is 2.36. The van der Waals surface area contributed by atoms with Crippen molar-refractivity contribution in [1.29, 1.82) is 0 Å². The molecule has 1 aromatic rings. The number of ether oxygens (including phenoxy) is 1. The Bertz CT molecular complexity index is 649. The van der Waals surface area contributed by atoms with E-state index in [1.165, 1.54) is 6.07 Å². The fourth-order valence-corrected chi connectivity index (χ4v) is 2.99. The van der Waals surface area contributed by atoms with Gasteiger partial charge in [-0.1, -0.05) is 0 Å². The van der Waals surface area contributed by atoms with Gasteiger partial charge in [-0.05, 0) is 25.3 Å². The lowest BCUT2D eigenvalue weighted by Gasteiger charge is -2.40. The van der Waals surface area contributed by atoms with Crippen molar-refractivity contribution >= 4 is 21.4 Å². The number of sulfonamides is 1. The number of non-ortho nitro benzene ring substituents is 1. The van der Waals surface area contributed by atoms with Crippen LogP contribution in [0.3, 0.4) is 0 Å². The Hall–Kier alpha value is -1.71. The summed E-state index contributed by atoms with van der Waals surface area (Å²) >= 11 is 0. The van der Waals surface area contributed by atoms with Gasteiger partial charge in [0, 0.05) is 25.8 Å². The van der Waals surface area contributed by atoms with Crippen molar-refractivity contribution in [2.75, 3.05) is 19.0 Å². The second kappa shape index (κ2) is 5.58. The third-order valence-electron chi connectivity index (χ3n) is 3.78. The van der Waals surface area contributed by atoms with E-state index >= 15 is 0 Å². The summed E-state index contributed by atoms with van der Waals surface area (Å²) in [5, 5.41) is 18.9. The molecule has 0 saturated heterocycles. The number of nitrogens with one attached hydrogen (secondary N) is 1.